The van der Waals surface area contributed by atoms with Crippen LogP contribution in [0.3, 0.4) is 0 Å². The maximum absolute atomic E-state index is 8.60. The minimum absolute atomic E-state index is 0. The van der Waals surface area contributed by atoms with E-state index in [1.54, 1.807) is 36.5 Å². The number of aryl methyl sites for hydroxylation is 1. The summed E-state index contributed by atoms with van der Waals surface area (Å²) in [6, 6.07) is 30.2. The standard InChI is InChI=1S/C24H20NO.C17H20N.Ir/c1-24(2,3)14-15-11-12-25-19(13-15)18-10-9-17-8-7-16-5-4-6-20-21(16)22(17)23(18)26-20;1-13-5-8-15(9-6-13)16-10-7-14(12-18-16)11-17(2,3)4;/h4-9,11-13H,14H2,1-3H3;5-8,10,12H,11H2,1-4H3;/q2*-1;/i14D2;1D3,11D2;. The molecule has 0 aliphatic heterocycles. The van der Waals surface area contributed by atoms with E-state index in [0.29, 0.717) is 28.1 Å². The van der Waals surface area contributed by atoms with Crippen molar-refractivity contribution in [3.63, 3.8) is 0 Å². The molecule has 3 heterocycles. The van der Waals surface area contributed by atoms with E-state index in [2.05, 4.69) is 40.3 Å². The Labute approximate surface area is 290 Å². The summed E-state index contributed by atoms with van der Waals surface area (Å²) in [6.07, 6.45) is 0.222. The van der Waals surface area contributed by atoms with Gasteiger partial charge in [-0.1, -0.05) is 107 Å². The van der Waals surface area contributed by atoms with Gasteiger partial charge >= 0.3 is 0 Å². The first-order chi connectivity index (χ1) is 23.7. The second-order valence-electron chi connectivity index (χ2n) is 13.1. The third-order valence-electron chi connectivity index (χ3n) is 6.98. The Morgan fingerprint density at radius 1 is 0.756 bits per heavy atom. The Hall–Kier alpha value is -3.85. The average Bonchev–Trinajstić information content (AvgIpc) is 3.47. The summed E-state index contributed by atoms with van der Waals surface area (Å²) in [7, 11) is 0. The summed E-state index contributed by atoms with van der Waals surface area (Å²) in [5.74, 6) is 0. The van der Waals surface area contributed by atoms with Crippen molar-refractivity contribution in [1.82, 2.24) is 9.97 Å². The molecule has 1 radical (unpaired) electrons. The molecule has 0 aliphatic rings. The van der Waals surface area contributed by atoms with Crippen LogP contribution in [0.4, 0.5) is 0 Å². The van der Waals surface area contributed by atoms with E-state index in [0.717, 1.165) is 38.3 Å². The zero-order valence-electron chi connectivity index (χ0n) is 33.3. The normalized spacial score (nSPS) is 15.1. The third-order valence-corrected chi connectivity index (χ3v) is 6.98. The summed E-state index contributed by atoms with van der Waals surface area (Å²) >= 11 is 0. The van der Waals surface area contributed by atoms with E-state index in [1.807, 2.05) is 65.8 Å². The fourth-order valence-corrected chi connectivity index (χ4v) is 5.28. The number of hydrogen-bond donors (Lipinski definition) is 0. The SMILES string of the molecule is [2H]C([2H])([2H])c1c[c-]c(-c2ccc(C([2H])([2H])C(C)(C)C)cn2)cc1.[2H]C([2H])(c1ccnc(-c2[c-]cc3ccc4cccc5oc2c3c45)c1)C(C)(C)C.[Ir]. The molecular weight excluding hydrogens is 729 g/mol. The molecule has 0 fully saturated rings. The van der Waals surface area contributed by atoms with Crippen LogP contribution in [0.1, 0.15) is 67.8 Å². The van der Waals surface area contributed by atoms with Crippen molar-refractivity contribution in [3.05, 3.63) is 120 Å². The molecule has 4 aromatic carbocycles. The van der Waals surface area contributed by atoms with Gasteiger partial charge in [0.2, 0.25) is 0 Å². The van der Waals surface area contributed by atoms with Crippen LogP contribution >= 0.6 is 0 Å². The molecule has 0 spiro atoms. The molecule has 0 bridgehead atoms. The number of nitrogens with zero attached hydrogens (tertiary/aromatic N) is 2. The molecule has 3 nitrogen and oxygen atoms in total. The van der Waals surface area contributed by atoms with Crippen LogP contribution in [-0.2, 0) is 32.9 Å². The smallest absolute Gasteiger partial charge is 0.121 e. The van der Waals surface area contributed by atoms with Crippen LogP contribution in [0, 0.1) is 29.8 Å². The maximum atomic E-state index is 8.60. The number of aromatic nitrogens is 2. The van der Waals surface area contributed by atoms with Crippen LogP contribution in [0.25, 0.3) is 55.2 Å². The second kappa shape index (κ2) is 12.9. The van der Waals surface area contributed by atoms with Gasteiger partial charge in [0.05, 0.1) is 5.58 Å². The predicted molar refractivity (Wildman–Crippen MR) is 184 cm³/mol. The first-order valence-corrected chi connectivity index (χ1v) is 14.7. The molecule has 3 aromatic heterocycles. The van der Waals surface area contributed by atoms with Gasteiger partial charge < -0.3 is 14.4 Å². The van der Waals surface area contributed by atoms with Gasteiger partial charge in [-0.15, -0.1) is 47.5 Å². The largest absolute Gasteiger partial charge is 0.501 e. The van der Waals surface area contributed by atoms with Gasteiger partial charge in [-0.3, -0.25) is 0 Å². The van der Waals surface area contributed by atoms with Gasteiger partial charge in [0.1, 0.15) is 5.58 Å². The van der Waals surface area contributed by atoms with Crippen molar-refractivity contribution in [3.8, 4) is 22.5 Å². The molecule has 0 amide bonds. The van der Waals surface area contributed by atoms with Gasteiger partial charge in [-0.05, 0) is 63.4 Å². The van der Waals surface area contributed by atoms with Crippen molar-refractivity contribution in [2.24, 2.45) is 10.8 Å². The molecule has 0 saturated heterocycles. The maximum Gasteiger partial charge on any atom is 0.121 e. The van der Waals surface area contributed by atoms with Crippen LogP contribution in [0.15, 0.2) is 95.7 Å². The number of benzene rings is 4. The molecule has 0 aliphatic carbocycles. The number of furan rings is 1. The molecular formula is C41H40IrN2O-2. The van der Waals surface area contributed by atoms with Crippen molar-refractivity contribution >= 4 is 32.7 Å². The third kappa shape index (κ3) is 7.52. The summed E-state index contributed by atoms with van der Waals surface area (Å²) in [5.41, 5.74) is 4.66. The van der Waals surface area contributed by atoms with Gasteiger partial charge in [-0.25, -0.2) is 0 Å². The van der Waals surface area contributed by atoms with Crippen molar-refractivity contribution in [2.75, 3.05) is 0 Å². The molecule has 0 atom stereocenters. The monoisotopic (exact) mass is 776 g/mol. The quantitative estimate of drug-likeness (QED) is 0.132. The minimum Gasteiger partial charge on any atom is -0.501 e. The van der Waals surface area contributed by atoms with Gasteiger partial charge in [0.15, 0.2) is 0 Å². The zero-order chi connectivity index (χ0) is 37.1. The van der Waals surface area contributed by atoms with Gasteiger partial charge in [0.25, 0.3) is 0 Å². The number of pyridine rings is 2. The minimum atomic E-state index is -2.14. The van der Waals surface area contributed by atoms with E-state index in [4.69, 9.17) is 14.0 Å². The van der Waals surface area contributed by atoms with Crippen LogP contribution in [-0.4, -0.2) is 9.97 Å². The predicted octanol–water partition coefficient (Wildman–Crippen LogP) is 11.1. The first kappa shape index (κ1) is 24.4. The van der Waals surface area contributed by atoms with Crippen molar-refractivity contribution < 1.29 is 34.1 Å². The summed E-state index contributed by atoms with van der Waals surface area (Å²) in [5, 5.41) is 4.42. The Balaban J connectivity index is 0.000000202. The van der Waals surface area contributed by atoms with E-state index in [-0.39, 0.29) is 25.7 Å². The van der Waals surface area contributed by atoms with Crippen molar-refractivity contribution in [2.45, 2.75) is 61.1 Å². The van der Waals surface area contributed by atoms with E-state index in [9.17, 15) is 0 Å². The second-order valence-corrected chi connectivity index (χ2v) is 13.1. The fraction of sp³-hybridized carbons (Fsp3) is 0.268. The topological polar surface area (TPSA) is 38.9 Å². The van der Waals surface area contributed by atoms with Crippen LogP contribution in [0.2, 0.25) is 0 Å². The summed E-state index contributed by atoms with van der Waals surface area (Å²) in [6.45, 7) is 9.13. The first-order valence-electron chi connectivity index (χ1n) is 18.2. The zero-order valence-corrected chi connectivity index (χ0v) is 28.7. The summed E-state index contributed by atoms with van der Waals surface area (Å²) < 4.78 is 62.0. The molecule has 45 heavy (non-hydrogen) atoms. The Morgan fingerprint density at radius 3 is 2.22 bits per heavy atom. The molecule has 7 aromatic rings. The molecule has 7 rings (SSSR count). The molecule has 0 saturated carbocycles. The molecule has 0 unspecified atom stereocenters. The van der Waals surface area contributed by atoms with E-state index in [1.165, 1.54) is 12.3 Å². The van der Waals surface area contributed by atoms with Crippen molar-refractivity contribution in [1.29, 1.82) is 0 Å². The Morgan fingerprint density at radius 2 is 1.53 bits per heavy atom. The average molecular weight is 776 g/mol. The van der Waals surface area contributed by atoms with E-state index >= 15 is 0 Å². The van der Waals surface area contributed by atoms with Gasteiger partial charge in [-0.2, -0.15) is 0 Å². The van der Waals surface area contributed by atoms with Crippen LogP contribution in [0.5, 0.6) is 0 Å². The van der Waals surface area contributed by atoms with Gasteiger partial charge in [0, 0.05) is 47.5 Å². The number of rotatable bonds is 4. The van der Waals surface area contributed by atoms with E-state index < -0.39 is 30.4 Å². The molecule has 231 valence electrons. The summed E-state index contributed by atoms with van der Waals surface area (Å²) in [4.78, 5) is 8.83. The van der Waals surface area contributed by atoms with Crippen LogP contribution < -0.4 is 0 Å². The number of hydrogen-bond acceptors (Lipinski definition) is 3. The Kier molecular flexibility index (Phi) is 6.98. The Bertz CT molecular complexity index is 2320. The molecule has 4 heteroatoms. The molecule has 0 N–H and O–H groups in total. The fourth-order valence-electron chi connectivity index (χ4n) is 5.28.